The number of unbranched alkanes of at least 4 members (excludes halogenated alkanes) is 1. The Hall–Kier alpha value is -3.26. The minimum Gasteiger partial charge on any atom is -0.494 e. The van der Waals surface area contributed by atoms with Crippen LogP contribution in [-0.2, 0) is 14.4 Å². The van der Waals surface area contributed by atoms with Gasteiger partial charge in [0.05, 0.1) is 11.9 Å². The van der Waals surface area contributed by atoms with Crippen LogP contribution >= 0.6 is 11.8 Å². The van der Waals surface area contributed by atoms with Crippen molar-refractivity contribution in [3.8, 4) is 5.75 Å². The number of thioether (sulfide) groups is 1. The molecule has 0 saturated carbocycles. The summed E-state index contributed by atoms with van der Waals surface area (Å²) in [5, 5.41) is 13.8. The normalized spacial score (nSPS) is 11.7. The first-order chi connectivity index (χ1) is 15.4. The molecule has 8 heteroatoms. The fraction of sp³-hybridized carbons (Fsp3) is 0.292. The fourth-order valence-corrected chi connectivity index (χ4v) is 3.67. The number of amides is 2. The van der Waals surface area contributed by atoms with Gasteiger partial charge in [-0.3, -0.25) is 9.59 Å². The molecule has 2 aromatic carbocycles. The molecular formula is C24H28N2O5S. The van der Waals surface area contributed by atoms with Gasteiger partial charge in [0.1, 0.15) is 5.75 Å². The predicted octanol–water partition coefficient (Wildman–Crippen LogP) is 4.95. The summed E-state index contributed by atoms with van der Waals surface area (Å²) in [5.74, 6) is -1.08. The van der Waals surface area contributed by atoms with Crippen molar-refractivity contribution in [3.05, 3.63) is 60.7 Å². The van der Waals surface area contributed by atoms with Crippen LogP contribution in [0.2, 0.25) is 0 Å². The first-order valence-electron chi connectivity index (χ1n) is 10.4. The third-order valence-corrected chi connectivity index (χ3v) is 5.67. The number of nitrogens with one attached hydrogen (secondary N) is 2. The zero-order chi connectivity index (χ0) is 23.3. The van der Waals surface area contributed by atoms with Crippen molar-refractivity contribution in [2.75, 3.05) is 17.2 Å². The van der Waals surface area contributed by atoms with Crippen LogP contribution in [0.1, 0.15) is 33.1 Å². The van der Waals surface area contributed by atoms with Crippen LogP contribution in [0.3, 0.4) is 0 Å². The van der Waals surface area contributed by atoms with Gasteiger partial charge in [-0.25, -0.2) is 4.79 Å². The predicted molar refractivity (Wildman–Crippen MR) is 127 cm³/mol. The van der Waals surface area contributed by atoms with E-state index < -0.39 is 11.9 Å². The highest BCUT2D eigenvalue weighted by atomic mass is 32.2. The van der Waals surface area contributed by atoms with E-state index in [9.17, 15) is 14.4 Å². The lowest BCUT2D eigenvalue weighted by Gasteiger charge is -2.16. The molecule has 0 aromatic heterocycles. The Morgan fingerprint density at radius 2 is 1.78 bits per heavy atom. The molecule has 0 fully saturated rings. The highest BCUT2D eigenvalue weighted by Crippen LogP contribution is 2.29. The summed E-state index contributed by atoms with van der Waals surface area (Å²) in [6, 6.07) is 14.4. The minimum absolute atomic E-state index is 0.115. The number of carboxylic acid groups (broad SMARTS) is 1. The third-order valence-electron chi connectivity index (χ3n) is 4.31. The van der Waals surface area contributed by atoms with E-state index in [2.05, 4.69) is 17.6 Å². The third kappa shape index (κ3) is 8.85. The molecule has 2 aromatic rings. The lowest BCUT2D eigenvalue weighted by Crippen LogP contribution is -2.24. The number of benzene rings is 2. The SMILES string of the molecule is CCCCOc1ccc(NC(=O)C(CC)Sc2cccc(NC(=O)/C=C/C(=O)O)c2)cc1. The summed E-state index contributed by atoms with van der Waals surface area (Å²) < 4.78 is 5.64. The molecular weight excluding hydrogens is 428 g/mol. The van der Waals surface area contributed by atoms with Gasteiger partial charge >= 0.3 is 5.97 Å². The van der Waals surface area contributed by atoms with Gasteiger partial charge in [-0.1, -0.05) is 26.3 Å². The molecule has 0 radical (unpaired) electrons. The van der Waals surface area contributed by atoms with Gasteiger partial charge in [-0.2, -0.15) is 0 Å². The number of carboxylic acids is 1. The fourth-order valence-electron chi connectivity index (χ4n) is 2.66. The van der Waals surface area contributed by atoms with Crippen LogP contribution in [0.15, 0.2) is 65.6 Å². The molecule has 3 N–H and O–H groups in total. The van der Waals surface area contributed by atoms with Crippen molar-refractivity contribution in [2.45, 2.75) is 43.3 Å². The molecule has 0 bridgehead atoms. The van der Waals surface area contributed by atoms with Crippen LogP contribution in [0.25, 0.3) is 0 Å². The van der Waals surface area contributed by atoms with E-state index in [1.807, 2.05) is 37.3 Å². The molecule has 0 aliphatic rings. The summed E-state index contributed by atoms with van der Waals surface area (Å²) in [7, 11) is 0. The van der Waals surface area contributed by atoms with Gasteiger partial charge in [0.25, 0.3) is 0 Å². The topological polar surface area (TPSA) is 105 Å². The van der Waals surface area contributed by atoms with Gasteiger partial charge in [-0.05, 0) is 55.3 Å². The van der Waals surface area contributed by atoms with Crippen LogP contribution in [0, 0.1) is 0 Å². The second kappa shape index (κ2) is 13.2. The van der Waals surface area contributed by atoms with Gasteiger partial charge in [0, 0.05) is 28.4 Å². The van der Waals surface area contributed by atoms with Gasteiger partial charge in [-0.15, -0.1) is 11.8 Å². The van der Waals surface area contributed by atoms with E-state index >= 15 is 0 Å². The summed E-state index contributed by atoms with van der Waals surface area (Å²) in [6.07, 6.45) is 4.41. The largest absolute Gasteiger partial charge is 0.494 e. The van der Waals surface area contributed by atoms with Crippen molar-refractivity contribution in [1.29, 1.82) is 0 Å². The number of hydrogen-bond donors (Lipinski definition) is 3. The van der Waals surface area contributed by atoms with Crippen molar-refractivity contribution in [1.82, 2.24) is 0 Å². The van der Waals surface area contributed by atoms with E-state index in [0.717, 1.165) is 35.6 Å². The second-order valence-corrected chi connectivity index (χ2v) is 8.20. The minimum atomic E-state index is -1.19. The zero-order valence-electron chi connectivity index (χ0n) is 18.2. The number of rotatable bonds is 12. The standard InChI is InChI=1S/C24H28N2O5S/c1-3-5-15-31-19-11-9-17(10-12-19)26-24(30)21(4-2)32-20-8-6-7-18(16-20)25-22(27)13-14-23(28)29/h6-14,16,21H,3-5,15H2,1-2H3,(H,25,27)(H,26,30)(H,28,29)/b14-13+. The van der Waals surface area contributed by atoms with Crippen molar-refractivity contribution in [3.63, 3.8) is 0 Å². The Labute approximate surface area is 192 Å². The first kappa shape index (κ1) is 25.0. The van der Waals surface area contributed by atoms with E-state index in [4.69, 9.17) is 9.84 Å². The Morgan fingerprint density at radius 3 is 2.44 bits per heavy atom. The first-order valence-corrected chi connectivity index (χ1v) is 11.3. The summed E-state index contributed by atoms with van der Waals surface area (Å²) in [6.45, 7) is 4.71. The van der Waals surface area contributed by atoms with Crippen LogP contribution in [0.5, 0.6) is 5.75 Å². The van der Waals surface area contributed by atoms with Crippen molar-refractivity contribution < 1.29 is 24.2 Å². The molecule has 7 nitrogen and oxygen atoms in total. The molecule has 2 rings (SSSR count). The Morgan fingerprint density at radius 1 is 1.03 bits per heavy atom. The number of aliphatic carboxylic acids is 1. The number of hydrogen-bond acceptors (Lipinski definition) is 5. The molecule has 0 heterocycles. The highest BCUT2D eigenvalue weighted by Gasteiger charge is 2.18. The second-order valence-electron chi connectivity index (χ2n) is 6.92. The van der Waals surface area contributed by atoms with E-state index in [0.29, 0.717) is 24.4 Å². The van der Waals surface area contributed by atoms with Crippen LogP contribution in [0.4, 0.5) is 11.4 Å². The smallest absolute Gasteiger partial charge is 0.328 e. The molecule has 170 valence electrons. The molecule has 0 aliphatic heterocycles. The number of carbonyl (C=O) groups excluding carboxylic acids is 2. The van der Waals surface area contributed by atoms with Gasteiger partial charge < -0.3 is 20.5 Å². The van der Waals surface area contributed by atoms with Crippen LogP contribution in [-0.4, -0.2) is 34.7 Å². The molecule has 1 atom stereocenters. The summed E-state index contributed by atoms with van der Waals surface area (Å²) >= 11 is 1.39. The summed E-state index contributed by atoms with van der Waals surface area (Å²) in [4.78, 5) is 35.9. The lowest BCUT2D eigenvalue weighted by molar-refractivity contribution is -0.131. The molecule has 32 heavy (non-hydrogen) atoms. The maximum absolute atomic E-state index is 12.8. The molecule has 1 unspecified atom stereocenters. The molecule has 0 saturated heterocycles. The average Bonchev–Trinajstić information content (AvgIpc) is 2.77. The van der Waals surface area contributed by atoms with E-state index in [1.54, 1.807) is 18.2 Å². The Balaban J connectivity index is 1.95. The zero-order valence-corrected chi connectivity index (χ0v) is 19.0. The maximum atomic E-state index is 12.8. The molecule has 0 spiro atoms. The number of carbonyl (C=O) groups is 3. The molecule has 0 aliphatic carbocycles. The average molecular weight is 457 g/mol. The van der Waals surface area contributed by atoms with Crippen molar-refractivity contribution in [2.24, 2.45) is 0 Å². The highest BCUT2D eigenvalue weighted by molar-refractivity contribution is 8.00. The Bertz CT molecular complexity index is 944. The number of anilines is 2. The van der Waals surface area contributed by atoms with Crippen LogP contribution < -0.4 is 15.4 Å². The monoisotopic (exact) mass is 456 g/mol. The van der Waals surface area contributed by atoms with Gasteiger partial charge in [0.2, 0.25) is 11.8 Å². The Kier molecular flexibility index (Phi) is 10.3. The summed E-state index contributed by atoms with van der Waals surface area (Å²) in [5.41, 5.74) is 1.21. The molecule has 2 amide bonds. The lowest BCUT2D eigenvalue weighted by atomic mass is 10.2. The van der Waals surface area contributed by atoms with Crippen molar-refractivity contribution >= 4 is 40.9 Å². The maximum Gasteiger partial charge on any atom is 0.328 e. The van der Waals surface area contributed by atoms with Gasteiger partial charge in [0.15, 0.2) is 0 Å². The quantitative estimate of drug-likeness (QED) is 0.237. The number of ether oxygens (including phenoxy) is 1. The van der Waals surface area contributed by atoms with E-state index in [1.165, 1.54) is 11.8 Å². The van der Waals surface area contributed by atoms with E-state index in [-0.39, 0.29) is 11.2 Å².